The SMILES string of the molecule is CCCCN(CC)Cc1cccc(S)c1. The molecular formula is C13H21NS. The summed E-state index contributed by atoms with van der Waals surface area (Å²) < 4.78 is 0. The maximum atomic E-state index is 4.36. The number of nitrogens with zero attached hydrogens (tertiary/aromatic N) is 1. The summed E-state index contributed by atoms with van der Waals surface area (Å²) in [5.41, 5.74) is 1.36. The van der Waals surface area contributed by atoms with Crippen molar-refractivity contribution >= 4 is 12.6 Å². The van der Waals surface area contributed by atoms with Crippen molar-refractivity contribution in [1.82, 2.24) is 4.90 Å². The van der Waals surface area contributed by atoms with Crippen LogP contribution >= 0.6 is 12.6 Å². The fourth-order valence-electron chi connectivity index (χ4n) is 1.64. The highest BCUT2D eigenvalue weighted by Crippen LogP contribution is 2.11. The first-order chi connectivity index (χ1) is 7.26. The lowest BCUT2D eigenvalue weighted by molar-refractivity contribution is 0.275. The Morgan fingerprint density at radius 3 is 2.67 bits per heavy atom. The molecule has 0 aliphatic carbocycles. The van der Waals surface area contributed by atoms with Crippen LogP contribution in [-0.2, 0) is 6.54 Å². The average Bonchev–Trinajstić information content (AvgIpc) is 2.24. The van der Waals surface area contributed by atoms with Gasteiger partial charge in [-0.3, -0.25) is 4.90 Å². The maximum Gasteiger partial charge on any atom is 0.0234 e. The Labute approximate surface area is 98.9 Å². The van der Waals surface area contributed by atoms with Gasteiger partial charge in [0.1, 0.15) is 0 Å². The number of hydrogen-bond acceptors (Lipinski definition) is 2. The number of hydrogen-bond donors (Lipinski definition) is 1. The lowest BCUT2D eigenvalue weighted by Crippen LogP contribution is -2.23. The molecule has 0 aliphatic heterocycles. The van der Waals surface area contributed by atoms with E-state index in [1.807, 2.05) is 6.07 Å². The fourth-order valence-corrected chi connectivity index (χ4v) is 1.90. The van der Waals surface area contributed by atoms with Crippen LogP contribution in [0.1, 0.15) is 32.3 Å². The van der Waals surface area contributed by atoms with Crippen LogP contribution in [0, 0.1) is 0 Å². The van der Waals surface area contributed by atoms with Crippen molar-refractivity contribution in [2.24, 2.45) is 0 Å². The zero-order chi connectivity index (χ0) is 11.1. The van der Waals surface area contributed by atoms with Crippen molar-refractivity contribution in [2.75, 3.05) is 13.1 Å². The lowest BCUT2D eigenvalue weighted by atomic mass is 10.2. The second-order valence-corrected chi connectivity index (χ2v) is 4.41. The zero-order valence-electron chi connectivity index (χ0n) is 9.74. The number of thiol groups is 1. The van der Waals surface area contributed by atoms with Crippen LogP contribution in [-0.4, -0.2) is 18.0 Å². The third kappa shape index (κ3) is 4.72. The Bertz CT molecular complexity index is 286. The minimum atomic E-state index is 1.05. The molecule has 15 heavy (non-hydrogen) atoms. The summed E-state index contributed by atoms with van der Waals surface area (Å²) in [5.74, 6) is 0. The Hall–Kier alpha value is -0.470. The highest BCUT2D eigenvalue weighted by Gasteiger charge is 2.02. The van der Waals surface area contributed by atoms with Crippen LogP contribution in [0.5, 0.6) is 0 Å². The van der Waals surface area contributed by atoms with Gasteiger partial charge in [-0.25, -0.2) is 0 Å². The van der Waals surface area contributed by atoms with Gasteiger partial charge in [-0.1, -0.05) is 32.4 Å². The van der Waals surface area contributed by atoms with E-state index in [4.69, 9.17) is 0 Å². The van der Waals surface area contributed by atoms with E-state index in [1.165, 1.54) is 24.9 Å². The summed E-state index contributed by atoms with van der Waals surface area (Å²) in [5, 5.41) is 0. The standard InChI is InChI=1S/C13H21NS/c1-3-5-9-14(4-2)11-12-7-6-8-13(15)10-12/h6-8,10,15H,3-5,9,11H2,1-2H3. The minimum Gasteiger partial charge on any atom is -0.299 e. The fraction of sp³-hybridized carbons (Fsp3) is 0.538. The quantitative estimate of drug-likeness (QED) is 0.721. The molecular weight excluding hydrogens is 202 g/mol. The van der Waals surface area contributed by atoms with Gasteiger partial charge < -0.3 is 0 Å². The molecule has 0 fully saturated rings. The molecule has 0 unspecified atom stereocenters. The summed E-state index contributed by atoms with van der Waals surface area (Å²) in [6.45, 7) is 7.83. The topological polar surface area (TPSA) is 3.24 Å². The predicted octanol–water partition coefficient (Wildman–Crippen LogP) is 3.60. The normalized spacial score (nSPS) is 10.9. The summed E-state index contributed by atoms with van der Waals surface area (Å²) in [6, 6.07) is 8.42. The summed E-state index contributed by atoms with van der Waals surface area (Å²) in [4.78, 5) is 3.53. The molecule has 0 aliphatic rings. The second-order valence-electron chi connectivity index (χ2n) is 3.89. The van der Waals surface area contributed by atoms with Gasteiger partial charge in [0, 0.05) is 11.4 Å². The Morgan fingerprint density at radius 2 is 2.07 bits per heavy atom. The Morgan fingerprint density at radius 1 is 1.27 bits per heavy atom. The van der Waals surface area contributed by atoms with E-state index in [9.17, 15) is 0 Å². The van der Waals surface area contributed by atoms with E-state index in [1.54, 1.807) is 0 Å². The highest BCUT2D eigenvalue weighted by molar-refractivity contribution is 7.80. The van der Waals surface area contributed by atoms with Crippen LogP contribution in [0.3, 0.4) is 0 Å². The average molecular weight is 223 g/mol. The highest BCUT2D eigenvalue weighted by atomic mass is 32.1. The van der Waals surface area contributed by atoms with Crippen LogP contribution in [0.15, 0.2) is 29.2 Å². The van der Waals surface area contributed by atoms with Crippen molar-refractivity contribution in [1.29, 1.82) is 0 Å². The molecule has 2 heteroatoms. The first-order valence-corrected chi connectivity index (χ1v) is 6.21. The molecule has 0 spiro atoms. The minimum absolute atomic E-state index is 1.05. The van der Waals surface area contributed by atoms with Gasteiger partial charge in [0.25, 0.3) is 0 Å². The zero-order valence-corrected chi connectivity index (χ0v) is 10.6. The molecule has 0 aromatic heterocycles. The lowest BCUT2D eigenvalue weighted by Gasteiger charge is -2.20. The van der Waals surface area contributed by atoms with Crippen LogP contribution in [0.4, 0.5) is 0 Å². The summed E-state index contributed by atoms with van der Waals surface area (Å²) in [6.07, 6.45) is 2.55. The summed E-state index contributed by atoms with van der Waals surface area (Å²) >= 11 is 4.36. The van der Waals surface area contributed by atoms with E-state index in [2.05, 4.69) is 49.6 Å². The molecule has 1 aromatic carbocycles. The van der Waals surface area contributed by atoms with E-state index < -0.39 is 0 Å². The molecule has 0 atom stereocenters. The maximum absolute atomic E-state index is 4.36. The summed E-state index contributed by atoms with van der Waals surface area (Å²) in [7, 11) is 0. The van der Waals surface area contributed by atoms with E-state index in [0.717, 1.165) is 18.0 Å². The van der Waals surface area contributed by atoms with E-state index in [0.29, 0.717) is 0 Å². The van der Waals surface area contributed by atoms with Gasteiger partial charge in [-0.05, 0) is 37.2 Å². The molecule has 0 saturated heterocycles. The molecule has 84 valence electrons. The molecule has 1 nitrogen and oxygen atoms in total. The largest absolute Gasteiger partial charge is 0.299 e. The van der Waals surface area contributed by atoms with E-state index in [-0.39, 0.29) is 0 Å². The van der Waals surface area contributed by atoms with Crippen molar-refractivity contribution in [3.63, 3.8) is 0 Å². The molecule has 0 heterocycles. The number of unbranched alkanes of at least 4 members (excludes halogenated alkanes) is 1. The first kappa shape index (κ1) is 12.6. The molecule has 0 bridgehead atoms. The molecule has 1 aromatic rings. The molecule has 0 radical (unpaired) electrons. The monoisotopic (exact) mass is 223 g/mol. The third-order valence-corrected chi connectivity index (χ3v) is 2.87. The Balaban J connectivity index is 2.50. The van der Waals surface area contributed by atoms with Gasteiger partial charge in [-0.2, -0.15) is 0 Å². The first-order valence-electron chi connectivity index (χ1n) is 5.76. The van der Waals surface area contributed by atoms with Gasteiger partial charge in [0.05, 0.1) is 0 Å². The molecule has 1 rings (SSSR count). The molecule has 0 amide bonds. The van der Waals surface area contributed by atoms with E-state index >= 15 is 0 Å². The smallest absolute Gasteiger partial charge is 0.0234 e. The van der Waals surface area contributed by atoms with Crippen molar-refractivity contribution in [3.05, 3.63) is 29.8 Å². The van der Waals surface area contributed by atoms with Gasteiger partial charge >= 0.3 is 0 Å². The predicted molar refractivity (Wildman–Crippen MR) is 69.6 cm³/mol. The van der Waals surface area contributed by atoms with Crippen LogP contribution in [0.2, 0.25) is 0 Å². The Kier molecular flexibility index (Phi) is 5.81. The molecule has 0 N–H and O–H groups in total. The molecule has 0 saturated carbocycles. The third-order valence-electron chi connectivity index (χ3n) is 2.59. The van der Waals surface area contributed by atoms with Gasteiger partial charge in [0.2, 0.25) is 0 Å². The van der Waals surface area contributed by atoms with Gasteiger partial charge in [0.15, 0.2) is 0 Å². The van der Waals surface area contributed by atoms with Gasteiger partial charge in [-0.15, -0.1) is 12.6 Å². The number of rotatable bonds is 6. The van der Waals surface area contributed by atoms with Crippen molar-refractivity contribution < 1.29 is 0 Å². The van der Waals surface area contributed by atoms with Crippen LogP contribution < -0.4 is 0 Å². The van der Waals surface area contributed by atoms with Crippen molar-refractivity contribution in [3.8, 4) is 0 Å². The van der Waals surface area contributed by atoms with Crippen LogP contribution in [0.25, 0.3) is 0 Å². The second kappa shape index (κ2) is 6.91. The number of benzene rings is 1. The van der Waals surface area contributed by atoms with Crippen molar-refractivity contribution in [2.45, 2.75) is 38.1 Å².